The van der Waals surface area contributed by atoms with Crippen molar-refractivity contribution in [2.24, 2.45) is 0 Å². The predicted molar refractivity (Wildman–Crippen MR) is 87.6 cm³/mol. The molecule has 22 heavy (non-hydrogen) atoms. The molecule has 5 nitrogen and oxygen atoms in total. The maximum absolute atomic E-state index is 12.1. The fraction of sp³-hybridized carbons (Fsp3) is 0.412. The Morgan fingerprint density at radius 3 is 2.82 bits per heavy atom. The monoisotopic (exact) mass is 301 g/mol. The Morgan fingerprint density at radius 2 is 2.18 bits per heavy atom. The van der Waals surface area contributed by atoms with Crippen LogP contribution in [0.1, 0.15) is 31.7 Å². The van der Waals surface area contributed by atoms with Gasteiger partial charge in [0.2, 0.25) is 0 Å². The maximum Gasteiger partial charge on any atom is 0.267 e. The molecule has 0 aliphatic rings. The van der Waals surface area contributed by atoms with Crippen molar-refractivity contribution in [2.45, 2.75) is 33.1 Å². The summed E-state index contributed by atoms with van der Waals surface area (Å²) in [6.45, 7) is 4.80. The van der Waals surface area contributed by atoms with Crippen LogP contribution in [0, 0.1) is 18.3 Å². The van der Waals surface area contributed by atoms with Gasteiger partial charge < -0.3 is 15.4 Å². The number of nitrogens with one attached hydrogen (secondary N) is 2. The van der Waals surface area contributed by atoms with Gasteiger partial charge in [-0.1, -0.05) is 25.8 Å². The summed E-state index contributed by atoms with van der Waals surface area (Å²) in [5.41, 5.74) is 1.59. The third-order valence-corrected chi connectivity index (χ3v) is 3.14. The van der Waals surface area contributed by atoms with Crippen LogP contribution in [0.25, 0.3) is 0 Å². The van der Waals surface area contributed by atoms with E-state index in [1.807, 2.05) is 19.1 Å². The molecule has 0 aromatic heterocycles. The van der Waals surface area contributed by atoms with Gasteiger partial charge >= 0.3 is 0 Å². The number of anilines is 1. The molecule has 0 saturated carbocycles. The second-order valence-electron chi connectivity index (χ2n) is 4.99. The summed E-state index contributed by atoms with van der Waals surface area (Å²) in [6.07, 6.45) is 4.73. The highest BCUT2D eigenvalue weighted by Crippen LogP contribution is 2.25. The minimum Gasteiger partial charge on any atom is -0.495 e. The molecule has 1 aromatic carbocycles. The number of methoxy groups -OCH3 is 1. The van der Waals surface area contributed by atoms with E-state index in [1.54, 1.807) is 12.1 Å². The van der Waals surface area contributed by atoms with Crippen molar-refractivity contribution in [2.75, 3.05) is 19.0 Å². The molecule has 0 atom stereocenters. The van der Waals surface area contributed by atoms with Crippen LogP contribution in [0.2, 0.25) is 0 Å². The molecule has 0 saturated heterocycles. The lowest BCUT2D eigenvalue weighted by atomic mass is 10.2. The number of hydrogen-bond acceptors (Lipinski definition) is 4. The summed E-state index contributed by atoms with van der Waals surface area (Å²) in [7, 11) is 1.54. The van der Waals surface area contributed by atoms with Crippen LogP contribution in [0.3, 0.4) is 0 Å². The molecular weight excluding hydrogens is 278 g/mol. The molecule has 118 valence electrons. The Morgan fingerprint density at radius 1 is 1.41 bits per heavy atom. The number of carbonyl (C=O) groups excluding carboxylic acids is 1. The zero-order valence-electron chi connectivity index (χ0n) is 13.4. The van der Waals surface area contributed by atoms with E-state index in [4.69, 9.17) is 10.00 Å². The SMILES string of the molecule is CCCCCN/C=C(/C#N)C(=O)Nc1cc(C)ccc1OC. The highest BCUT2D eigenvalue weighted by Gasteiger charge is 2.12. The van der Waals surface area contributed by atoms with Gasteiger partial charge in [-0.2, -0.15) is 5.26 Å². The number of nitriles is 1. The Kier molecular flexibility index (Phi) is 7.55. The average Bonchev–Trinajstić information content (AvgIpc) is 2.51. The minimum absolute atomic E-state index is 0.0417. The molecule has 0 bridgehead atoms. The van der Waals surface area contributed by atoms with Crippen molar-refractivity contribution in [3.8, 4) is 11.8 Å². The van der Waals surface area contributed by atoms with Gasteiger partial charge in [0.25, 0.3) is 5.91 Å². The van der Waals surface area contributed by atoms with Crippen molar-refractivity contribution in [3.63, 3.8) is 0 Å². The normalized spacial score (nSPS) is 10.7. The number of hydrogen-bond donors (Lipinski definition) is 2. The highest BCUT2D eigenvalue weighted by molar-refractivity contribution is 6.07. The van der Waals surface area contributed by atoms with Crippen LogP contribution < -0.4 is 15.4 Å². The van der Waals surface area contributed by atoms with E-state index in [9.17, 15) is 4.79 Å². The van der Waals surface area contributed by atoms with Crippen LogP contribution in [0.5, 0.6) is 5.75 Å². The Balaban J connectivity index is 2.71. The molecule has 0 aliphatic heterocycles. The van der Waals surface area contributed by atoms with Gasteiger partial charge in [-0.05, 0) is 31.0 Å². The molecule has 0 fully saturated rings. The van der Waals surface area contributed by atoms with E-state index in [0.717, 1.165) is 31.4 Å². The quantitative estimate of drug-likeness (QED) is 0.439. The van der Waals surface area contributed by atoms with Crippen molar-refractivity contribution in [1.29, 1.82) is 5.26 Å². The zero-order chi connectivity index (χ0) is 16.4. The Bertz CT molecular complexity index is 574. The van der Waals surface area contributed by atoms with Crippen LogP contribution in [0.15, 0.2) is 30.0 Å². The molecule has 5 heteroatoms. The summed E-state index contributed by atoms with van der Waals surface area (Å²) in [4.78, 5) is 12.1. The summed E-state index contributed by atoms with van der Waals surface area (Å²) >= 11 is 0. The van der Waals surface area contributed by atoms with Crippen LogP contribution >= 0.6 is 0 Å². The van der Waals surface area contributed by atoms with Crippen molar-refractivity contribution in [1.82, 2.24) is 5.32 Å². The zero-order valence-corrected chi connectivity index (χ0v) is 13.4. The number of nitrogens with zero attached hydrogens (tertiary/aromatic N) is 1. The molecule has 0 spiro atoms. The number of carbonyl (C=O) groups is 1. The third kappa shape index (κ3) is 5.49. The first-order valence-corrected chi connectivity index (χ1v) is 7.42. The van der Waals surface area contributed by atoms with E-state index in [2.05, 4.69) is 17.6 Å². The number of ether oxygens (including phenoxy) is 1. The van der Waals surface area contributed by atoms with Crippen LogP contribution in [-0.4, -0.2) is 19.6 Å². The van der Waals surface area contributed by atoms with Crippen LogP contribution in [0.4, 0.5) is 5.69 Å². The maximum atomic E-state index is 12.1. The van der Waals surface area contributed by atoms with Gasteiger partial charge in [-0.25, -0.2) is 0 Å². The highest BCUT2D eigenvalue weighted by atomic mass is 16.5. The first-order chi connectivity index (χ1) is 10.6. The number of unbranched alkanes of at least 4 members (excludes halogenated alkanes) is 2. The first-order valence-electron chi connectivity index (χ1n) is 7.42. The average molecular weight is 301 g/mol. The van der Waals surface area contributed by atoms with E-state index in [1.165, 1.54) is 13.3 Å². The third-order valence-electron chi connectivity index (χ3n) is 3.14. The number of benzene rings is 1. The Labute approximate surface area is 132 Å². The minimum atomic E-state index is -0.450. The topological polar surface area (TPSA) is 74.2 Å². The predicted octanol–water partition coefficient (Wildman–Crippen LogP) is 3.13. The smallest absolute Gasteiger partial charge is 0.267 e. The fourth-order valence-electron chi connectivity index (χ4n) is 1.91. The van der Waals surface area contributed by atoms with Gasteiger partial charge in [0.15, 0.2) is 0 Å². The summed E-state index contributed by atoms with van der Waals surface area (Å²) in [6, 6.07) is 7.39. The molecule has 0 unspecified atom stereocenters. The second kappa shape index (κ2) is 9.46. The molecule has 0 radical (unpaired) electrons. The molecule has 1 rings (SSSR count). The number of amides is 1. The Hall–Kier alpha value is -2.48. The van der Waals surface area contributed by atoms with Gasteiger partial charge in [-0.3, -0.25) is 4.79 Å². The van der Waals surface area contributed by atoms with Gasteiger partial charge in [0, 0.05) is 12.7 Å². The van der Waals surface area contributed by atoms with Crippen molar-refractivity contribution < 1.29 is 9.53 Å². The van der Waals surface area contributed by atoms with Crippen molar-refractivity contribution in [3.05, 3.63) is 35.5 Å². The summed E-state index contributed by atoms with van der Waals surface area (Å²) in [5.74, 6) is 0.113. The van der Waals surface area contributed by atoms with Crippen LogP contribution in [-0.2, 0) is 4.79 Å². The first kappa shape index (κ1) is 17.6. The molecule has 2 N–H and O–H groups in total. The molecule has 1 aromatic rings. The number of rotatable bonds is 8. The molecule has 0 aliphatic carbocycles. The standard InChI is InChI=1S/C17H23N3O2/c1-4-5-6-9-19-12-14(11-18)17(21)20-15-10-13(2)7-8-16(15)22-3/h7-8,10,12,19H,4-6,9H2,1-3H3,(H,20,21)/b14-12-. The van der Waals surface area contributed by atoms with E-state index >= 15 is 0 Å². The van der Waals surface area contributed by atoms with E-state index < -0.39 is 5.91 Å². The van der Waals surface area contributed by atoms with Gasteiger partial charge in [0.05, 0.1) is 12.8 Å². The lowest BCUT2D eigenvalue weighted by Crippen LogP contribution is -2.17. The molecule has 0 heterocycles. The molecular formula is C17H23N3O2. The number of aryl methyl sites for hydroxylation is 1. The summed E-state index contributed by atoms with van der Waals surface area (Å²) < 4.78 is 5.21. The second-order valence-corrected chi connectivity index (χ2v) is 4.99. The van der Waals surface area contributed by atoms with Crippen molar-refractivity contribution >= 4 is 11.6 Å². The fourth-order valence-corrected chi connectivity index (χ4v) is 1.91. The lowest BCUT2D eigenvalue weighted by Gasteiger charge is -2.10. The molecule has 1 amide bonds. The van der Waals surface area contributed by atoms with E-state index in [0.29, 0.717) is 11.4 Å². The lowest BCUT2D eigenvalue weighted by molar-refractivity contribution is -0.112. The van der Waals surface area contributed by atoms with Gasteiger partial charge in [-0.15, -0.1) is 0 Å². The summed E-state index contributed by atoms with van der Waals surface area (Å²) in [5, 5.41) is 14.8. The largest absolute Gasteiger partial charge is 0.495 e. The van der Waals surface area contributed by atoms with E-state index in [-0.39, 0.29) is 5.57 Å². The van der Waals surface area contributed by atoms with Gasteiger partial charge in [0.1, 0.15) is 17.4 Å².